The number of benzene rings is 2. The zero-order valence-corrected chi connectivity index (χ0v) is 11.7. The van der Waals surface area contributed by atoms with Crippen molar-refractivity contribution in [3.8, 4) is 0 Å². The van der Waals surface area contributed by atoms with Crippen LogP contribution in [0.15, 0.2) is 41.3 Å². The van der Waals surface area contributed by atoms with Gasteiger partial charge in [-0.15, -0.1) is 11.8 Å². The molecule has 0 aromatic heterocycles. The van der Waals surface area contributed by atoms with Gasteiger partial charge in [-0.1, -0.05) is 17.7 Å². The maximum Gasteiger partial charge on any atom is 0.274 e. The Morgan fingerprint density at radius 2 is 2.10 bits per heavy atom. The van der Waals surface area contributed by atoms with Gasteiger partial charge in [0, 0.05) is 16.7 Å². The molecular weight excluding hydrogens is 303 g/mol. The number of hydrogen-bond donors (Lipinski definition) is 1. The third-order valence-corrected chi connectivity index (χ3v) is 4.02. The highest BCUT2D eigenvalue weighted by molar-refractivity contribution is 7.98. The minimum Gasteiger partial charge on any atom is -0.396 e. The second-order valence-electron chi connectivity index (χ2n) is 3.97. The maximum atomic E-state index is 13.3. The van der Waals surface area contributed by atoms with Gasteiger partial charge in [0.2, 0.25) is 0 Å². The Bertz CT molecular complexity index is 667. The summed E-state index contributed by atoms with van der Waals surface area (Å²) in [6, 6.07) is 8.92. The number of anilines is 1. The van der Waals surface area contributed by atoms with Crippen LogP contribution in [0.3, 0.4) is 0 Å². The highest BCUT2D eigenvalue weighted by atomic mass is 35.5. The van der Waals surface area contributed by atoms with Gasteiger partial charge in [-0.2, -0.15) is 0 Å². The summed E-state index contributed by atoms with van der Waals surface area (Å²) in [5, 5.41) is 11.3. The number of hydrogen-bond acceptors (Lipinski definition) is 4. The van der Waals surface area contributed by atoms with Gasteiger partial charge in [0.1, 0.15) is 5.82 Å². The number of nitro benzene ring substituents is 1. The summed E-state index contributed by atoms with van der Waals surface area (Å²) in [6.07, 6.45) is 0. The summed E-state index contributed by atoms with van der Waals surface area (Å²) < 4.78 is 13.3. The van der Waals surface area contributed by atoms with Crippen LogP contribution in [0.4, 0.5) is 15.8 Å². The van der Waals surface area contributed by atoms with Crippen molar-refractivity contribution in [3.63, 3.8) is 0 Å². The number of nitrogen functional groups attached to an aromatic ring is 1. The highest BCUT2D eigenvalue weighted by Crippen LogP contribution is 2.33. The number of nitrogens with two attached hydrogens (primary N) is 1. The van der Waals surface area contributed by atoms with Gasteiger partial charge >= 0.3 is 0 Å². The largest absolute Gasteiger partial charge is 0.396 e. The van der Waals surface area contributed by atoms with Gasteiger partial charge in [0.05, 0.1) is 21.2 Å². The predicted octanol–water partition coefficient (Wildman–Crippen LogP) is 4.26. The molecule has 2 N–H and O–H groups in total. The fourth-order valence-electron chi connectivity index (χ4n) is 1.61. The molecule has 0 amide bonds. The lowest BCUT2D eigenvalue weighted by Gasteiger charge is -2.06. The van der Waals surface area contributed by atoms with Gasteiger partial charge < -0.3 is 5.73 Å². The lowest BCUT2D eigenvalue weighted by molar-refractivity contribution is -0.385. The molecule has 0 spiro atoms. The molecule has 0 atom stereocenters. The quantitative estimate of drug-likeness (QED) is 0.396. The zero-order valence-electron chi connectivity index (χ0n) is 10.2. The standard InChI is InChI=1S/C13H10ClFN2O2S/c14-10-2-1-3-13(17(18)19)9(10)7-20-8-4-5-12(16)11(15)6-8/h1-6H,7,16H2. The Balaban J connectivity index is 2.22. The van der Waals surface area contributed by atoms with Crippen molar-refractivity contribution in [3.05, 3.63) is 62.9 Å². The predicted molar refractivity (Wildman–Crippen MR) is 78.5 cm³/mol. The Labute approximate surface area is 123 Å². The van der Waals surface area contributed by atoms with E-state index in [4.69, 9.17) is 17.3 Å². The van der Waals surface area contributed by atoms with Gasteiger partial charge in [-0.05, 0) is 24.3 Å². The van der Waals surface area contributed by atoms with Crippen LogP contribution in [0.1, 0.15) is 5.56 Å². The van der Waals surface area contributed by atoms with Gasteiger partial charge in [-0.3, -0.25) is 10.1 Å². The molecule has 0 heterocycles. The van der Waals surface area contributed by atoms with Crippen LogP contribution in [0.2, 0.25) is 5.02 Å². The molecule has 0 unspecified atom stereocenters. The minimum absolute atomic E-state index is 0.0408. The van der Waals surface area contributed by atoms with Gasteiger partial charge in [0.15, 0.2) is 0 Å². The molecule has 0 radical (unpaired) electrons. The SMILES string of the molecule is Nc1ccc(SCc2c(Cl)cccc2[N+](=O)[O-])cc1F. The topological polar surface area (TPSA) is 69.2 Å². The second kappa shape index (κ2) is 6.11. The molecule has 0 aliphatic heterocycles. The molecule has 0 saturated heterocycles. The summed E-state index contributed by atoms with van der Waals surface area (Å²) in [7, 11) is 0. The molecule has 104 valence electrons. The first kappa shape index (κ1) is 14.6. The Morgan fingerprint density at radius 1 is 1.35 bits per heavy atom. The third kappa shape index (κ3) is 3.20. The van der Waals surface area contributed by atoms with Crippen molar-refractivity contribution in [1.82, 2.24) is 0 Å². The highest BCUT2D eigenvalue weighted by Gasteiger charge is 2.16. The van der Waals surface area contributed by atoms with Gasteiger partial charge in [0.25, 0.3) is 5.69 Å². The van der Waals surface area contributed by atoms with Crippen LogP contribution in [0.5, 0.6) is 0 Å². The lowest BCUT2D eigenvalue weighted by atomic mass is 10.2. The van der Waals surface area contributed by atoms with E-state index in [1.807, 2.05) is 0 Å². The molecule has 0 aliphatic carbocycles. The summed E-state index contributed by atoms with van der Waals surface area (Å²) in [4.78, 5) is 11.1. The van der Waals surface area contributed by atoms with Crippen LogP contribution < -0.4 is 5.73 Å². The Hall–Kier alpha value is -1.79. The Kier molecular flexibility index (Phi) is 4.46. The molecule has 0 fully saturated rings. The van der Waals surface area contributed by atoms with E-state index in [-0.39, 0.29) is 17.1 Å². The minimum atomic E-state index is -0.511. The van der Waals surface area contributed by atoms with Crippen molar-refractivity contribution in [2.24, 2.45) is 0 Å². The van der Waals surface area contributed by atoms with E-state index in [1.54, 1.807) is 12.1 Å². The van der Waals surface area contributed by atoms with Crippen molar-refractivity contribution in [1.29, 1.82) is 0 Å². The van der Waals surface area contributed by atoms with Crippen molar-refractivity contribution in [2.45, 2.75) is 10.6 Å². The lowest BCUT2D eigenvalue weighted by Crippen LogP contribution is -1.95. The van der Waals surface area contributed by atoms with Crippen LogP contribution in [-0.4, -0.2) is 4.92 Å². The summed E-state index contributed by atoms with van der Waals surface area (Å²) in [5.41, 5.74) is 5.83. The smallest absolute Gasteiger partial charge is 0.274 e. The summed E-state index contributed by atoms with van der Waals surface area (Å²) >= 11 is 7.24. The first-order valence-corrected chi connectivity index (χ1v) is 6.95. The normalized spacial score (nSPS) is 10.5. The van der Waals surface area contributed by atoms with E-state index < -0.39 is 10.7 Å². The molecule has 0 saturated carbocycles. The number of rotatable bonds is 4. The van der Waals surface area contributed by atoms with E-state index in [1.165, 1.54) is 36.0 Å². The number of halogens is 2. The molecular formula is C13H10ClFN2O2S. The molecule has 0 bridgehead atoms. The molecule has 7 heteroatoms. The molecule has 4 nitrogen and oxygen atoms in total. The molecule has 20 heavy (non-hydrogen) atoms. The number of nitro groups is 1. The molecule has 2 rings (SSSR count). The van der Waals surface area contributed by atoms with Crippen molar-refractivity contribution in [2.75, 3.05) is 5.73 Å². The number of nitrogens with zero attached hydrogens (tertiary/aromatic N) is 1. The van der Waals surface area contributed by atoms with E-state index in [9.17, 15) is 14.5 Å². The van der Waals surface area contributed by atoms with Gasteiger partial charge in [-0.25, -0.2) is 4.39 Å². The van der Waals surface area contributed by atoms with Crippen LogP contribution in [-0.2, 0) is 5.75 Å². The average molecular weight is 313 g/mol. The summed E-state index contributed by atoms with van der Waals surface area (Å²) in [6.45, 7) is 0. The van der Waals surface area contributed by atoms with E-state index in [0.717, 1.165) is 0 Å². The van der Waals surface area contributed by atoms with Crippen LogP contribution in [0, 0.1) is 15.9 Å². The molecule has 2 aromatic rings. The first-order chi connectivity index (χ1) is 9.49. The first-order valence-electron chi connectivity index (χ1n) is 5.58. The fourth-order valence-corrected chi connectivity index (χ4v) is 2.90. The summed E-state index contributed by atoms with van der Waals surface area (Å²) in [5.74, 6) is -0.233. The van der Waals surface area contributed by atoms with Crippen molar-refractivity contribution < 1.29 is 9.31 Å². The third-order valence-electron chi connectivity index (χ3n) is 2.65. The van der Waals surface area contributed by atoms with E-state index >= 15 is 0 Å². The Morgan fingerprint density at radius 3 is 2.75 bits per heavy atom. The van der Waals surface area contributed by atoms with Crippen molar-refractivity contribution >= 4 is 34.7 Å². The number of thioether (sulfide) groups is 1. The van der Waals surface area contributed by atoms with Crippen LogP contribution in [0.25, 0.3) is 0 Å². The monoisotopic (exact) mass is 312 g/mol. The zero-order chi connectivity index (χ0) is 14.7. The van der Waals surface area contributed by atoms with E-state index in [0.29, 0.717) is 15.5 Å². The average Bonchev–Trinajstić information content (AvgIpc) is 2.40. The maximum absolute atomic E-state index is 13.3. The second-order valence-corrected chi connectivity index (χ2v) is 5.42. The fraction of sp³-hybridized carbons (Fsp3) is 0.0769. The van der Waals surface area contributed by atoms with E-state index in [2.05, 4.69) is 0 Å². The van der Waals surface area contributed by atoms with Crippen LogP contribution >= 0.6 is 23.4 Å². The molecule has 0 aliphatic rings. The molecule has 2 aromatic carbocycles.